The van der Waals surface area contributed by atoms with Crippen LogP contribution in [-0.2, 0) is 13.3 Å². The molecule has 0 aliphatic heterocycles. The average Bonchev–Trinajstić information content (AvgIpc) is 2.59. The molecule has 23 heavy (non-hydrogen) atoms. The highest BCUT2D eigenvalue weighted by Crippen LogP contribution is 2.12. The van der Waals surface area contributed by atoms with Gasteiger partial charge in [0.1, 0.15) is 0 Å². The first kappa shape index (κ1) is 22.7. The van der Waals surface area contributed by atoms with Crippen LogP contribution < -0.4 is 0 Å². The lowest BCUT2D eigenvalue weighted by Gasteiger charge is -2.17. The van der Waals surface area contributed by atoms with Gasteiger partial charge in [-0.05, 0) is 12.0 Å². The van der Waals surface area contributed by atoms with Crippen LogP contribution in [0.3, 0.4) is 0 Å². The maximum atomic E-state index is 5.27. The lowest BCUT2D eigenvalue weighted by molar-refractivity contribution is 0.141. The standard InChI is InChI=1S/C19H38O3Si/c1-5-6-7-8-9-10-11-12-13-14-15-16-17-18-19-23(20-2,21-3)22-4/h5-17H2,1-4H3. The van der Waals surface area contributed by atoms with E-state index in [0.717, 1.165) is 12.8 Å². The van der Waals surface area contributed by atoms with Crippen LogP contribution in [0.5, 0.6) is 0 Å². The minimum Gasteiger partial charge on any atom is -0.367 e. The summed E-state index contributed by atoms with van der Waals surface area (Å²) in [6.07, 6.45) is 17.3. The number of rotatable bonds is 15. The Hall–Kier alpha value is -0.343. The van der Waals surface area contributed by atoms with Crippen LogP contribution in [0.15, 0.2) is 0 Å². The first-order chi connectivity index (χ1) is 11.2. The van der Waals surface area contributed by atoms with Gasteiger partial charge in [-0.1, -0.05) is 77.6 Å². The normalized spacial score (nSPS) is 11.3. The molecule has 0 bridgehead atoms. The molecule has 0 N–H and O–H groups in total. The summed E-state index contributed by atoms with van der Waals surface area (Å²) in [7, 11) is 2.10. The molecule has 0 aromatic rings. The third kappa shape index (κ3) is 12.7. The van der Waals surface area contributed by atoms with E-state index in [1.54, 1.807) is 21.3 Å². The van der Waals surface area contributed by atoms with Gasteiger partial charge in [0.15, 0.2) is 0 Å². The van der Waals surface area contributed by atoms with Crippen LogP contribution in [0.25, 0.3) is 0 Å². The maximum Gasteiger partial charge on any atom is 0.590 e. The van der Waals surface area contributed by atoms with Crippen molar-refractivity contribution in [3.8, 4) is 11.5 Å². The van der Waals surface area contributed by atoms with Crippen LogP contribution in [0.4, 0.5) is 0 Å². The van der Waals surface area contributed by atoms with Crippen molar-refractivity contribution in [3.05, 3.63) is 0 Å². The second-order valence-electron chi connectivity index (χ2n) is 6.11. The molecule has 0 saturated carbocycles. The fourth-order valence-electron chi connectivity index (χ4n) is 2.63. The zero-order valence-corrected chi connectivity index (χ0v) is 16.9. The largest absolute Gasteiger partial charge is 0.590 e. The summed E-state index contributed by atoms with van der Waals surface area (Å²) in [5.74, 6) is 3.15. The van der Waals surface area contributed by atoms with Gasteiger partial charge in [-0.15, -0.1) is 5.92 Å². The van der Waals surface area contributed by atoms with Gasteiger partial charge in [0.25, 0.3) is 0 Å². The Balaban J connectivity index is 3.40. The molecule has 0 fully saturated rings. The lowest BCUT2D eigenvalue weighted by Crippen LogP contribution is -2.41. The molecular weight excluding hydrogens is 304 g/mol. The Labute approximate surface area is 145 Å². The van der Waals surface area contributed by atoms with E-state index in [1.807, 2.05) is 0 Å². The third-order valence-electron chi connectivity index (χ3n) is 4.20. The summed E-state index contributed by atoms with van der Waals surface area (Å²) in [5, 5.41) is 0. The first-order valence-corrected chi connectivity index (χ1v) is 11.1. The fourth-order valence-corrected chi connectivity index (χ4v) is 3.78. The summed E-state index contributed by atoms with van der Waals surface area (Å²) < 4.78 is 15.8. The van der Waals surface area contributed by atoms with Crippen LogP contribution in [0.2, 0.25) is 0 Å². The SMILES string of the molecule is CCCCCCCCCCCCCCC#C[Si](OC)(OC)OC. The van der Waals surface area contributed by atoms with Gasteiger partial charge in [-0.25, -0.2) is 0 Å². The molecule has 3 nitrogen and oxygen atoms in total. The zero-order valence-electron chi connectivity index (χ0n) is 15.9. The van der Waals surface area contributed by atoms with Gasteiger partial charge < -0.3 is 13.3 Å². The highest BCUT2D eigenvalue weighted by atomic mass is 28.4. The van der Waals surface area contributed by atoms with E-state index < -0.39 is 8.80 Å². The highest BCUT2D eigenvalue weighted by Gasteiger charge is 2.36. The molecule has 0 rings (SSSR count). The van der Waals surface area contributed by atoms with Crippen molar-refractivity contribution in [2.45, 2.75) is 90.4 Å². The molecular formula is C19H38O3Si. The van der Waals surface area contributed by atoms with Crippen molar-refractivity contribution in [1.29, 1.82) is 0 Å². The number of unbranched alkanes of at least 4 members (excludes halogenated alkanes) is 12. The van der Waals surface area contributed by atoms with Gasteiger partial charge in [-0.3, -0.25) is 0 Å². The molecule has 0 aromatic heterocycles. The highest BCUT2D eigenvalue weighted by molar-refractivity contribution is 6.69. The molecule has 4 heteroatoms. The van der Waals surface area contributed by atoms with Gasteiger partial charge in [0.05, 0.1) is 0 Å². The Morgan fingerprint density at radius 2 is 1.00 bits per heavy atom. The first-order valence-electron chi connectivity index (χ1n) is 9.40. The van der Waals surface area contributed by atoms with Gasteiger partial charge >= 0.3 is 8.80 Å². The number of hydrogen-bond donors (Lipinski definition) is 0. The summed E-state index contributed by atoms with van der Waals surface area (Å²) in [5.41, 5.74) is 3.04. The molecule has 136 valence electrons. The quantitative estimate of drug-likeness (QED) is 0.223. The molecule has 0 radical (unpaired) electrons. The van der Waals surface area contributed by atoms with Crippen LogP contribution in [-0.4, -0.2) is 30.1 Å². The molecule has 0 spiro atoms. The van der Waals surface area contributed by atoms with E-state index in [-0.39, 0.29) is 0 Å². The van der Waals surface area contributed by atoms with E-state index in [2.05, 4.69) is 18.4 Å². The van der Waals surface area contributed by atoms with Crippen LogP contribution in [0, 0.1) is 11.5 Å². The second kappa shape index (κ2) is 16.5. The van der Waals surface area contributed by atoms with E-state index in [9.17, 15) is 0 Å². The average molecular weight is 343 g/mol. The van der Waals surface area contributed by atoms with Crippen molar-refractivity contribution in [2.75, 3.05) is 21.3 Å². The third-order valence-corrected chi connectivity index (χ3v) is 6.30. The van der Waals surface area contributed by atoms with E-state index in [0.29, 0.717) is 0 Å². The minimum atomic E-state index is -2.68. The zero-order chi connectivity index (χ0) is 17.2. The second-order valence-corrected chi connectivity index (χ2v) is 8.70. The molecule has 0 aromatic carbocycles. The molecule has 0 aliphatic carbocycles. The van der Waals surface area contributed by atoms with Gasteiger partial charge in [-0.2, -0.15) is 0 Å². The van der Waals surface area contributed by atoms with Crippen LogP contribution in [0.1, 0.15) is 90.4 Å². The van der Waals surface area contributed by atoms with Gasteiger partial charge in [0.2, 0.25) is 0 Å². The molecule has 0 amide bonds. The van der Waals surface area contributed by atoms with Crippen LogP contribution >= 0.6 is 0 Å². The van der Waals surface area contributed by atoms with Crippen molar-refractivity contribution in [3.63, 3.8) is 0 Å². The summed E-state index contributed by atoms with van der Waals surface area (Å²) in [4.78, 5) is 0. The van der Waals surface area contributed by atoms with Crippen molar-refractivity contribution in [1.82, 2.24) is 0 Å². The van der Waals surface area contributed by atoms with Crippen molar-refractivity contribution < 1.29 is 13.3 Å². The molecule has 0 heterocycles. The molecule has 0 saturated heterocycles. The van der Waals surface area contributed by atoms with E-state index in [1.165, 1.54) is 70.6 Å². The van der Waals surface area contributed by atoms with E-state index >= 15 is 0 Å². The number of hydrogen-bond acceptors (Lipinski definition) is 3. The minimum absolute atomic E-state index is 0.905. The summed E-state index contributed by atoms with van der Waals surface area (Å²) in [6, 6.07) is 0. The Kier molecular flexibility index (Phi) is 16.3. The predicted molar refractivity (Wildman–Crippen MR) is 100 cm³/mol. The molecule has 0 aliphatic rings. The summed E-state index contributed by atoms with van der Waals surface area (Å²) >= 11 is 0. The van der Waals surface area contributed by atoms with Crippen molar-refractivity contribution in [2.24, 2.45) is 0 Å². The predicted octanol–water partition coefficient (Wildman–Crippen LogP) is 5.50. The topological polar surface area (TPSA) is 27.7 Å². The Morgan fingerprint density at radius 3 is 1.39 bits per heavy atom. The molecule has 0 unspecified atom stereocenters. The Bertz CT molecular complexity index is 297. The Morgan fingerprint density at radius 1 is 0.609 bits per heavy atom. The lowest BCUT2D eigenvalue weighted by atomic mass is 10.0. The van der Waals surface area contributed by atoms with Gasteiger partial charge in [0, 0.05) is 27.8 Å². The van der Waals surface area contributed by atoms with E-state index in [4.69, 9.17) is 13.3 Å². The fraction of sp³-hybridized carbons (Fsp3) is 0.895. The smallest absolute Gasteiger partial charge is 0.367 e. The monoisotopic (exact) mass is 342 g/mol. The maximum absolute atomic E-state index is 5.27. The summed E-state index contributed by atoms with van der Waals surface area (Å²) in [6.45, 7) is 2.27. The van der Waals surface area contributed by atoms with Crippen molar-refractivity contribution >= 4 is 8.80 Å². The molecule has 0 atom stereocenters.